The Kier molecular flexibility index (Phi) is 6.57. The summed E-state index contributed by atoms with van der Waals surface area (Å²) in [6.45, 7) is 0. The second kappa shape index (κ2) is 10.2. The van der Waals surface area contributed by atoms with Crippen molar-refractivity contribution >= 4 is 22.8 Å². The average Bonchev–Trinajstić information content (AvgIpc) is 3.66. The Bertz CT molecular complexity index is 1810. The summed E-state index contributed by atoms with van der Waals surface area (Å²) in [6.07, 6.45) is 4.06. The first-order valence-electron chi connectivity index (χ1n) is 13.0. The van der Waals surface area contributed by atoms with Gasteiger partial charge in [-0.3, -0.25) is 9.59 Å². The summed E-state index contributed by atoms with van der Waals surface area (Å²) in [5.41, 5.74) is 7.58. The molecule has 2 aromatic heterocycles. The molecule has 1 aliphatic rings. The lowest BCUT2D eigenvalue weighted by Crippen LogP contribution is -2.28. The molecule has 41 heavy (non-hydrogen) atoms. The van der Waals surface area contributed by atoms with Crippen molar-refractivity contribution in [1.29, 1.82) is 0 Å². The van der Waals surface area contributed by atoms with Crippen molar-refractivity contribution < 1.29 is 27.5 Å². The predicted molar refractivity (Wildman–Crippen MR) is 147 cm³/mol. The zero-order valence-corrected chi connectivity index (χ0v) is 21.7. The topological polar surface area (TPSA) is 86.7 Å². The number of anilines is 1. The number of nitrogen functional groups attached to an aromatic ring is 1. The third-order valence-corrected chi connectivity index (χ3v) is 7.50. The number of ether oxygens (including phenoxy) is 1. The van der Waals surface area contributed by atoms with Crippen LogP contribution in [0.15, 0.2) is 85.2 Å². The van der Waals surface area contributed by atoms with Gasteiger partial charge in [0.15, 0.2) is 28.9 Å². The number of fused-ring (bicyclic) bond motifs is 1. The van der Waals surface area contributed by atoms with Gasteiger partial charge in [-0.1, -0.05) is 24.3 Å². The summed E-state index contributed by atoms with van der Waals surface area (Å²) in [5, 5.41) is 4.27. The smallest absolute Gasteiger partial charge is 0.166 e. The molecule has 0 spiro atoms. The number of hydrogen-bond acceptors (Lipinski definition) is 5. The van der Waals surface area contributed by atoms with Crippen LogP contribution < -0.4 is 10.5 Å². The minimum Gasteiger partial charge on any atom is -0.452 e. The fourth-order valence-corrected chi connectivity index (χ4v) is 5.05. The Labute approximate surface area is 233 Å². The summed E-state index contributed by atoms with van der Waals surface area (Å²) >= 11 is 0. The first-order valence-corrected chi connectivity index (χ1v) is 13.0. The van der Waals surface area contributed by atoms with E-state index in [-0.39, 0.29) is 35.8 Å². The third-order valence-electron chi connectivity index (χ3n) is 7.50. The van der Waals surface area contributed by atoms with Gasteiger partial charge in [0.25, 0.3) is 0 Å². The number of halogens is 3. The first kappa shape index (κ1) is 26.3. The van der Waals surface area contributed by atoms with Crippen LogP contribution in [0.3, 0.4) is 0 Å². The molecule has 206 valence electrons. The van der Waals surface area contributed by atoms with Crippen LogP contribution in [0.1, 0.15) is 24.0 Å². The lowest BCUT2D eigenvalue weighted by molar-refractivity contribution is -0.133. The van der Waals surface area contributed by atoms with Gasteiger partial charge in [-0.25, -0.2) is 17.7 Å². The summed E-state index contributed by atoms with van der Waals surface area (Å²) in [6, 6.07) is 17.6. The van der Waals surface area contributed by atoms with E-state index in [9.17, 15) is 18.4 Å². The monoisotopic (exact) mass is 555 g/mol. The molecule has 3 aromatic carbocycles. The maximum absolute atomic E-state index is 15.2. The number of hydrogen-bond donors (Lipinski definition) is 1. The van der Waals surface area contributed by atoms with E-state index in [1.807, 2.05) is 0 Å². The Morgan fingerprint density at radius 3 is 2.22 bits per heavy atom. The largest absolute Gasteiger partial charge is 0.452 e. The number of Topliss-reactive ketones (excluding diaryl/α,β-unsaturated/α-hetero) is 2. The number of carbonyl (C=O) groups excluding carboxylic acids is 2. The lowest BCUT2D eigenvalue weighted by Gasteiger charge is -2.14. The third kappa shape index (κ3) is 5.06. The van der Waals surface area contributed by atoms with E-state index in [4.69, 9.17) is 10.5 Å². The zero-order chi connectivity index (χ0) is 28.7. The van der Waals surface area contributed by atoms with Crippen molar-refractivity contribution in [3.05, 3.63) is 114 Å². The Hall–Kier alpha value is -4.92. The molecule has 9 heteroatoms. The highest BCUT2D eigenvalue weighted by atomic mass is 19.1. The van der Waals surface area contributed by atoms with E-state index in [2.05, 4.69) is 5.10 Å². The minimum absolute atomic E-state index is 0.00507. The number of benzene rings is 3. The van der Waals surface area contributed by atoms with Gasteiger partial charge in [-0.15, -0.1) is 0 Å². The molecule has 6 rings (SSSR count). The van der Waals surface area contributed by atoms with E-state index >= 15 is 4.39 Å². The van der Waals surface area contributed by atoms with Gasteiger partial charge >= 0.3 is 0 Å². The zero-order valence-electron chi connectivity index (χ0n) is 21.7. The van der Waals surface area contributed by atoms with Gasteiger partial charge in [0.05, 0.1) is 17.3 Å². The van der Waals surface area contributed by atoms with Crippen LogP contribution >= 0.6 is 0 Å². The van der Waals surface area contributed by atoms with Crippen molar-refractivity contribution in [3.63, 3.8) is 0 Å². The fraction of sp³-hybridized carbons (Fsp3) is 0.156. The molecule has 6 nitrogen and oxygen atoms in total. The molecule has 1 fully saturated rings. The minimum atomic E-state index is -1.07. The van der Waals surface area contributed by atoms with Crippen molar-refractivity contribution in [2.45, 2.75) is 25.7 Å². The van der Waals surface area contributed by atoms with E-state index in [1.165, 1.54) is 54.7 Å². The van der Waals surface area contributed by atoms with Crippen molar-refractivity contribution in [1.82, 2.24) is 9.61 Å². The van der Waals surface area contributed by atoms with E-state index in [1.54, 1.807) is 35.0 Å². The molecule has 2 N–H and O–H groups in total. The highest BCUT2D eigenvalue weighted by Gasteiger charge is 2.54. The van der Waals surface area contributed by atoms with E-state index in [0.717, 1.165) is 0 Å². The molecule has 0 unspecified atom stereocenters. The van der Waals surface area contributed by atoms with Gasteiger partial charge in [0.1, 0.15) is 17.2 Å². The highest BCUT2D eigenvalue weighted by Crippen LogP contribution is 2.49. The molecule has 0 bridgehead atoms. The van der Waals surface area contributed by atoms with Gasteiger partial charge in [-0.2, -0.15) is 5.10 Å². The van der Waals surface area contributed by atoms with Gasteiger partial charge < -0.3 is 10.5 Å². The second-order valence-corrected chi connectivity index (χ2v) is 10.2. The Morgan fingerprint density at radius 1 is 0.829 bits per heavy atom. The highest BCUT2D eigenvalue weighted by molar-refractivity contribution is 6.11. The van der Waals surface area contributed by atoms with Crippen LogP contribution in [0.25, 0.3) is 16.6 Å². The van der Waals surface area contributed by atoms with Gasteiger partial charge in [0, 0.05) is 30.7 Å². The fourth-order valence-electron chi connectivity index (χ4n) is 5.05. The molecule has 0 atom stereocenters. The van der Waals surface area contributed by atoms with Gasteiger partial charge in [0.2, 0.25) is 0 Å². The molecule has 1 aliphatic carbocycles. The van der Waals surface area contributed by atoms with Crippen LogP contribution in [0, 0.1) is 22.9 Å². The van der Waals surface area contributed by atoms with Crippen molar-refractivity contribution in [2.24, 2.45) is 5.41 Å². The quantitative estimate of drug-likeness (QED) is 0.166. The maximum atomic E-state index is 15.2. The molecule has 0 saturated heterocycles. The molecule has 2 heterocycles. The van der Waals surface area contributed by atoms with Gasteiger partial charge in [-0.05, 0) is 72.0 Å². The van der Waals surface area contributed by atoms with Crippen LogP contribution in [-0.2, 0) is 22.4 Å². The van der Waals surface area contributed by atoms with E-state index in [0.29, 0.717) is 46.4 Å². The number of carbonyl (C=O) groups is 2. The standard InChI is InChI=1S/C32H24F3N3O3/c33-22-5-1-19(2-6-22)16-29(39)32(11-12-32)30(40)17-20-3-8-27(25(35)15-20)41-28-9-13-37-38-14-10-23(31(28)38)21-4-7-24(34)26(36)18-21/h1-10,13-15,18H,11-12,16-17,36H2. The van der Waals surface area contributed by atoms with Crippen LogP contribution in [-0.4, -0.2) is 21.2 Å². The first-order chi connectivity index (χ1) is 19.7. The number of ketones is 2. The van der Waals surface area contributed by atoms with Crippen LogP contribution in [0.2, 0.25) is 0 Å². The molecule has 0 radical (unpaired) electrons. The molecule has 0 aliphatic heterocycles. The van der Waals surface area contributed by atoms with Crippen molar-refractivity contribution in [2.75, 3.05) is 5.73 Å². The number of nitrogens with two attached hydrogens (primary N) is 1. The SMILES string of the molecule is Nc1cc(-c2ccn3nccc(Oc4ccc(CC(=O)C5(C(=O)Cc6ccc(F)cc6)CC5)cc4F)c23)ccc1F. The molecular weight excluding hydrogens is 531 g/mol. The lowest BCUT2D eigenvalue weighted by atomic mass is 9.88. The van der Waals surface area contributed by atoms with Crippen LogP contribution in [0.4, 0.5) is 18.9 Å². The second-order valence-electron chi connectivity index (χ2n) is 10.2. The Balaban J connectivity index is 1.20. The molecular formula is C32H24F3N3O3. The number of rotatable bonds is 9. The summed E-state index contributed by atoms with van der Waals surface area (Å²) in [7, 11) is 0. The van der Waals surface area contributed by atoms with E-state index < -0.39 is 22.9 Å². The predicted octanol–water partition coefficient (Wildman–Crippen LogP) is 6.50. The Morgan fingerprint density at radius 2 is 1.54 bits per heavy atom. The number of aromatic nitrogens is 2. The molecule has 1 saturated carbocycles. The maximum Gasteiger partial charge on any atom is 0.166 e. The summed E-state index contributed by atoms with van der Waals surface area (Å²) < 4.78 is 49.6. The van der Waals surface area contributed by atoms with Crippen molar-refractivity contribution in [3.8, 4) is 22.6 Å². The number of nitrogens with zero attached hydrogens (tertiary/aromatic N) is 2. The molecule has 5 aromatic rings. The summed E-state index contributed by atoms with van der Waals surface area (Å²) in [5.74, 6) is -1.81. The molecule has 0 amide bonds. The average molecular weight is 556 g/mol. The van der Waals surface area contributed by atoms with Crippen LogP contribution in [0.5, 0.6) is 11.5 Å². The summed E-state index contributed by atoms with van der Waals surface area (Å²) in [4.78, 5) is 26.1. The normalized spacial score (nSPS) is 13.7.